The number of rotatable bonds is 7. The van der Waals surface area contributed by atoms with Gasteiger partial charge < -0.3 is 9.64 Å². The van der Waals surface area contributed by atoms with E-state index in [1.807, 2.05) is 11.8 Å². The number of nitrogens with zero attached hydrogens (tertiary/aromatic N) is 4. The molecule has 2 fully saturated rings. The molecule has 23 heavy (non-hydrogen) atoms. The number of aromatic nitrogens is 2. The number of ether oxygens (including phenoxy) is 1. The summed E-state index contributed by atoms with van der Waals surface area (Å²) in [6, 6.07) is 0.0273. The van der Waals surface area contributed by atoms with Gasteiger partial charge in [-0.05, 0) is 26.2 Å². The summed E-state index contributed by atoms with van der Waals surface area (Å²) in [5.74, 6) is 0. The molecule has 2 saturated heterocycles. The maximum Gasteiger partial charge on any atom is 0.327 e. The quantitative estimate of drug-likeness (QED) is 0.822. The highest BCUT2D eigenvalue weighted by molar-refractivity contribution is 7.15. The molecule has 0 saturated carbocycles. The lowest BCUT2D eigenvalue weighted by molar-refractivity contribution is 0.107. The summed E-state index contributed by atoms with van der Waals surface area (Å²) >= 11 is 1.46. The minimum absolute atomic E-state index is 0.0273. The summed E-state index contributed by atoms with van der Waals surface area (Å²) in [5, 5.41) is 13.3. The van der Waals surface area contributed by atoms with E-state index in [-0.39, 0.29) is 18.3 Å². The molecule has 1 aromatic rings. The van der Waals surface area contributed by atoms with Crippen LogP contribution in [0.1, 0.15) is 37.6 Å². The van der Waals surface area contributed by atoms with Gasteiger partial charge in [0.05, 0.1) is 12.6 Å². The highest BCUT2D eigenvalue weighted by Crippen LogP contribution is 2.27. The number of aryl methyl sites for hydroxylation is 1. The van der Waals surface area contributed by atoms with Crippen LogP contribution in [0.2, 0.25) is 0 Å². The van der Waals surface area contributed by atoms with Gasteiger partial charge in [0.25, 0.3) is 0 Å². The molecule has 3 rings (SSSR count). The Morgan fingerprint density at radius 1 is 1.43 bits per heavy atom. The van der Waals surface area contributed by atoms with Crippen LogP contribution in [0, 0.1) is 6.92 Å². The van der Waals surface area contributed by atoms with E-state index in [1.54, 1.807) is 4.90 Å². The smallest absolute Gasteiger partial charge is 0.327 e. The first-order chi connectivity index (χ1) is 11.2. The first-order valence-electron chi connectivity index (χ1n) is 8.42. The van der Waals surface area contributed by atoms with E-state index in [0.717, 1.165) is 50.4 Å². The monoisotopic (exact) mass is 339 g/mol. The number of anilines is 1. The van der Waals surface area contributed by atoms with Crippen molar-refractivity contribution in [3.63, 3.8) is 0 Å². The van der Waals surface area contributed by atoms with Gasteiger partial charge in [0, 0.05) is 19.7 Å². The van der Waals surface area contributed by atoms with Gasteiger partial charge >= 0.3 is 6.03 Å². The Hall–Kier alpha value is -1.25. The number of urea groups is 1. The van der Waals surface area contributed by atoms with Crippen molar-refractivity contribution in [2.24, 2.45) is 0 Å². The van der Waals surface area contributed by atoms with Crippen molar-refractivity contribution in [2.75, 3.05) is 31.1 Å². The molecule has 2 aliphatic heterocycles. The Morgan fingerprint density at radius 3 is 2.96 bits per heavy atom. The van der Waals surface area contributed by atoms with Gasteiger partial charge in [-0.1, -0.05) is 24.7 Å². The number of carbonyl (C=O) groups excluding carboxylic acids is 1. The zero-order chi connectivity index (χ0) is 16.2. The fourth-order valence-electron chi connectivity index (χ4n) is 3.02. The number of amides is 2. The Bertz CT molecular complexity index is 532. The molecule has 3 heterocycles. The first-order valence-corrected chi connectivity index (χ1v) is 9.24. The SMILES string of the molecule is CCCCN1CC(NCC2CCCO2)N(c2nnc(C)s2)C1=O. The summed E-state index contributed by atoms with van der Waals surface area (Å²) in [4.78, 5) is 16.4. The molecule has 0 bridgehead atoms. The Kier molecular flexibility index (Phi) is 5.45. The second-order valence-electron chi connectivity index (χ2n) is 6.11. The summed E-state index contributed by atoms with van der Waals surface area (Å²) < 4.78 is 5.67. The van der Waals surface area contributed by atoms with E-state index < -0.39 is 0 Å². The van der Waals surface area contributed by atoms with E-state index in [2.05, 4.69) is 22.4 Å². The van der Waals surface area contributed by atoms with Crippen LogP contribution in [0.25, 0.3) is 0 Å². The second kappa shape index (κ2) is 7.55. The summed E-state index contributed by atoms with van der Waals surface area (Å²) in [6.07, 6.45) is 4.51. The predicted molar refractivity (Wildman–Crippen MR) is 89.8 cm³/mol. The summed E-state index contributed by atoms with van der Waals surface area (Å²) in [6.45, 7) is 7.14. The molecule has 2 unspecified atom stereocenters. The Morgan fingerprint density at radius 2 is 2.30 bits per heavy atom. The van der Waals surface area contributed by atoms with Gasteiger partial charge in [-0.3, -0.25) is 10.2 Å². The molecular weight excluding hydrogens is 314 g/mol. The van der Waals surface area contributed by atoms with Crippen molar-refractivity contribution in [1.29, 1.82) is 0 Å². The van der Waals surface area contributed by atoms with Crippen LogP contribution in [0.4, 0.5) is 9.93 Å². The molecule has 7 nitrogen and oxygen atoms in total. The minimum atomic E-state index is -0.0593. The minimum Gasteiger partial charge on any atom is -0.377 e. The third kappa shape index (κ3) is 3.81. The van der Waals surface area contributed by atoms with Crippen molar-refractivity contribution in [2.45, 2.75) is 51.8 Å². The fraction of sp³-hybridized carbons (Fsp3) is 0.800. The number of carbonyl (C=O) groups is 1. The molecule has 8 heteroatoms. The van der Waals surface area contributed by atoms with Crippen LogP contribution in [0.15, 0.2) is 0 Å². The molecule has 128 valence electrons. The van der Waals surface area contributed by atoms with Gasteiger partial charge in [-0.15, -0.1) is 10.2 Å². The van der Waals surface area contributed by atoms with Crippen molar-refractivity contribution in [3.8, 4) is 0 Å². The average Bonchev–Trinajstić information content (AvgIpc) is 3.24. The molecular formula is C15H25N5O2S. The van der Waals surface area contributed by atoms with Gasteiger partial charge in [0.2, 0.25) is 5.13 Å². The highest BCUT2D eigenvalue weighted by Gasteiger charge is 2.39. The van der Waals surface area contributed by atoms with E-state index in [9.17, 15) is 4.79 Å². The lowest BCUT2D eigenvalue weighted by Gasteiger charge is -2.22. The Balaban J connectivity index is 1.69. The van der Waals surface area contributed by atoms with Gasteiger partial charge in [0.1, 0.15) is 11.2 Å². The molecule has 2 aliphatic rings. The van der Waals surface area contributed by atoms with Crippen molar-refractivity contribution >= 4 is 22.5 Å². The lowest BCUT2D eigenvalue weighted by atomic mass is 10.2. The van der Waals surface area contributed by atoms with E-state index >= 15 is 0 Å². The molecule has 0 spiro atoms. The normalized spacial score (nSPS) is 24.9. The third-order valence-electron chi connectivity index (χ3n) is 4.29. The molecule has 2 atom stereocenters. The van der Waals surface area contributed by atoms with Crippen LogP contribution in [0.5, 0.6) is 0 Å². The molecule has 0 aliphatic carbocycles. The predicted octanol–water partition coefficient (Wildman–Crippen LogP) is 1.98. The summed E-state index contributed by atoms with van der Waals surface area (Å²) in [5.41, 5.74) is 0. The van der Waals surface area contributed by atoms with Crippen molar-refractivity contribution in [3.05, 3.63) is 5.01 Å². The van der Waals surface area contributed by atoms with E-state index in [0.29, 0.717) is 11.7 Å². The molecule has 2 amide bonds. The van der Waals surface area contributed by atoms with Crippen LogP contribution >= 0.6 is 11.3 Å². The largest absolute Gasteiger partial charge is 0.377 e. The summed E-state index contributed by atoms with van der Waals surface area (Å²) in [7, 11) is 0. The lowest BCUT2D eigenvalue weighted by Crippen LogP contribution is -2.47. The number of unbranched alkanes of at least 4 members (excludes halogenated alkanes) is 1. The molecule has 1 aromatic heterocycles. The maximum atomic E-state index is 12.7. The van der Waals surface area contributed by atoms with Crippen LogP contribution in [-0.2, 0) is 4.74 Å². The number of hydrogen-bond donors (Lipinski definition) is 1. The van der Waals surface area contributed by atoms with Crippen molar-refractivity contribution < 1.29 is 9.53 Å². The average molecular weight is 339 g/mol. The molecule has 0 radical (unpaired) electrons. The highest BCUT2D eigenvalue weighted by atomic mass is 32.1. The van der Waals surface area contributed by atoms with Gasteiger partial charge in [-0.25, -0.2) is 4.79 Å². The van der Waals surface area contributed by atoms with Crippen molar-refractivity contribution in [1.82, 2.24) is 20.4 Å². The fourth-order valence-corrected chi connectivity index (χ4v) is 3.75. The molecule has 1 N–H and O–H groups in total. The zero-order valence-corrected chi connectivity index (χ0v) is 14.6. The van der Waals surface area contributed by atoms with Gasteiger partial charge in [0.15, 0.2) is 0 Å². The number of nitrogens with one attached hydrogen (secondary N) is 1. The maximum absolute atomic E-state index is 12.7. The first kappa shape index (κ1) is 16.6. The standard InChI is InChI=1S/C15H25N5O2S/c1-3-4-7-19-10-13(16-9-12-6-5-8-22-12)20(15(19)21)14-18-17-11(2)23-14/h12-13,16H,3-10H2,1-2H3. The van der Waals surface area contributed by atoms with Gasteiger partial charge in [-0.2, -0.15) is 0 Å². The zero-order valence-electron chi connectivity index (χ0n) is 13.8. The third-order valence-corrected chi connectivity index (χ3v) is 5.13. The second-order valence-corrected chi connectivity index (χ2v) is 7.27. The van der Waals surface area contributed by atoms with Crippen LogP contribution < -0.4 is 10.2 Å². The Labute approximate surface area is 141 Å². The topological polar surface area (TPSA) is 70.6 Å². The van der Waals surface area contributed by atoms with Crippen LogP contribution in [-0.4, -0.2) is 59.6 Å². The molecule has 0 aromatic carbocycles. The van der Waals surface area contributed by atoms with Crippen LogP contribution in [0.3, 0.4) is 0 Å². The van der Waals surface area contributed by atoms with E-state index in [1.165, 1.54) is 11.3 Å². The van der Waals surface area contributed by atoms with E-state index in [4.69, 9.17) is 4.74 Å². The number of hydrogen-bond acceptors (Lipinski definition) is 6.